The lowest BCUT2D eigenvalue weighted by atomic mass is 9.92. The molecule has 4 aromatic rings. The van der Waals surface area contributed by atoms with Crippen molar-refractivity contribution in [3.63, 3.8) is 0 Å². The summed E-state index contributed by atoms with van der Waals surface area (Å²) in [6.45, 7) is 2.20. The Morgan fingerprint density at radius 1 is 0.862 bits per heavy atom. The Morgan fingerprint density at radius 2 is 1.66 bits per heavy atom. The molecule has 0 unspecified atom stereocenters. The standard InChI is InChI=1S/C26H22N2S/c1-17-5-7-18(8-6-17)19-9-11-20(12-10-19)21-13-14-24-23(15-21)26-22(16-28-27)3-2-4-25(26)29-24/h2-5,7,9-16H,6,8,27H2,1H3/b28-16+. The molecule has 1 aliphatic carbocycles. The van der Waals surface area contributed by atoms with Gasteiger partial charge in [-0.15, -0.1) is 11.3 Å². The molecule has 0 atom stereocenters. The average molecular weight is 395 g/mol. The fourth-order valence-electron chi connectivity index (χ4n) is 4.08. The van der Waals surface area contributed by atoms with Crippen molar-refractivity contribution >= 4 is 43.3 Å². The lowest BCUT2D eigenvalue weighted by Crippen LogP contribution is -1.91. The van der Waals surface area contributed by atoms with Gasteiger partial charge in [-0.1, -0.05) is 60.2 Å². The summed E-state index contributed by atoms with van der Waals surface area (Å²) in [6.07, 6.45) is 8.52. The van der Waals surface area contributed by atoms with Gasteiger partial charge in [0.2, 0.25) is 0 Å². The Morgan fingerprint density at radius 3 is 2.41 bits per heavy atom. The van der Waals surface area contributed by atoms with E-state index in [2.05, 4.69) is 84.8 Å². The van der Waals surface area contributed by atoms with Crippen molar-refractivity contribution < 1.29 is 0 Å². The van der Waals surface area contributed by atoms with Crippen molar-refractivity contribution in [1.29, 1.82) is 0 Å². The molecule has 1 heterocycles. The number of fused-ring (bicyclic) bond motifs is 3. The van der Waals surface area contributed by atoms with E-state index in [1.165, 1.54) is 48.0 Å². The van der Waals surface area contributed by atoms with E-state index in [-0.39, 0.29) is 0 Å². The van der Waals surface area contributed by atoms with Gasteiger partial charge in [-0.05, 0) is 60.2 Å². The zero-order chi connectivity index (χ0) is 19.8. The zero-order valence-electron chi connectivity index (χ0n) is 16.4. The van der Waals surface area contributed by atoms with E-state index in [0.29, 0.717) is 0 Å². The van der Waals surface area contributed by atoms with Crippen LogP contribution in [0.15, 0.2) is 83.5 Å². The van der Waals surface area contributed by atoms with E-state index in [4.69, 9.17) is 5.84 Å². The van der Waals surface area contributed by atoms with Gasteiger partial charge in [-0.25, -0.2) is 0 Å². The van der Waals surface area contributed by atoms with E-state index in [1.54, 1.807) is 6.21 Å². The lowest BCUT2D eigenvalue weighted by Gasteiger charge is -2.13. The third-order valence-electron chi connectivity index (χ3n) is 5.69. The highest BCUT2D eigenvalue weighted by atomic mass is 32.1. The molecule has 0 saturated carbocycles. The molecule has 2 nitrogen and oxygen atoms in total. The summed E-state index contributed by atoms with van der Waals surface area (Å²) in [4.78, 5) is 0. The van der Waals surface area contributed by atoms with Crippen molar-refractivity contribution in [1.82, 2.24) is 0 Å². The van der Waals surface area contributed by atoms with Crippen LogP contribution in [0.3, 0.4) is 0 Å². The molecule has 0 radical (unpaired) electrons. The molecule has 3 aromatic carbocycles. The van der Waals surface area contributed by atoms with Crippen molar-refractivity contribution in [3.05, 3.63) is 89.5 Å². The number of allylic oxidation sites excluding steroid dienone is 4. The molecule has 142 valence electrons. The minimum Gasteiger partial charge on any atom is -0.323 e. The number of thiophene rings is 1. The van der Waals surface area contributed by atoms with Crippen LogP contribution in [0.4, 0.5) is 0 Å². The molecule has 1 aromatic heterocycles. The fourth-order valence-corrected chi connectivity index (χ4v) is 5.20. The highest BCUT2D eigenvalue weighted by molar-refractivity contribution is 7.25. The Bertz CT molecular complexity index is 1300. The zero-order valence-corrected chi connectivity index (χ0v) is 17.2. The first-order valence-electron chi connectivity index (χ1n) is 9.88. The minimum atomic E-state index is 1.07. The number of nitrogens with two attached hydrogens (primary N) is 1. The predicted molar refractivity (Wildman–Crippen MR) is 128 cm³/mol. The molecular formula is C26H22N2S. The second kappa shape index (κ2) is 7.34. The van der Waals surface area contributed by atoms with E-state index >= 15 is 0 Å². The quantitative estimate of drug-likeness (QED) is 0.224. The smallest absolute Gasteiger partial charge is 0.0544 e. The molecule has 1 aliphatic rings. The second-order valence-corrected chi connectivity index (χ2v) is 8.68. The topological polar surface area (TPSA) is 38.4 Å². The van der Waals surface area contributed by atoms with Gasteiger partial charge >= 0.3 is 0 Å². The van der Waals surface area contributed by atoms with E-state index < -0.39 is 0 Å². The largest absolute Gasteiger partial charge is 0.323 e. The summed E-state index contributed by atoms with van der Waals surface area (Å²) in [5.74, 6) is 5.43. The number of hydrogen-bond donors (Lipinski definition) is 1. The molecular weight excluding hydrogens is 372 g/mol. The minimum absolute atomic E-state index is 1.07. The van der Waals surface area contributed by atoms with E-state index in [0.717, 1.165) is 18.4 Å². The molecule has 29 heavy (non-hydrogen) atoms. The van der Waals surface area contributed by atoms with Crippen LogP contribution in [0.1, 0.15) is 30.9 Å². The fraction of sp³-hybridized carbons (Fsp3) is 0.115. The predicted octanol–water partition coefficient (Wildman–Crippen LogP) is 7.14. The Hall–Kier alpha value is -3.17. The molecule has 3 heteroatoms. The van der Waals surface area contributed by atoms with Crippen LogP contribution in [-0.4, -0.2) is 6.21 Å². The Kier molecular flexibility index (Phi) is 4.53. The summed E-state index contributed by atoms with van der Waals surface area (Å²) in [7, 11) is 0. The van der Waals surface area contributed by atoms with Crippen molar-refractivity contribution in [2.45, 2.75) is 19.8 Å². The van der Waals surface area contributed by atoms with Gasteiger partial charge in [-0.2, -0.15) is 5.10 Å². The Labute approximate surface area is 174 Å². The highest BCUT2D eigenvalue weighted by Gasteiger charge is 2.11. The summed E-state index contributed by atoms with van der Waals surface area (Å²) in [6, 6.07) is 22.0. The summed E-state index contributed by atoms with van der Waals surface area (Å²) >= 11 is 1.81. The molecule has 0 saturated heterocycles. The van der Waals surface area contributed by atoms with Gasteiger partial charge in [0, 0.05) is 25.7 Å². The van der Waals surface area contributed by atoms with Gasteiger partial charge in [0.05, 0.1) is 6.21 Å². The molecule has 0 spiro atoms. The van der Waals surface area contributed by atoms with Crippen LogP contribution < -0.4 is 5.84 Å². The summed E-state index contributed by atoms with van der Waals surface area (Å²) in [5.41, 5.74) is 7.74. The normalized spacial score (nSPS) is 14.5. The van der Waals surface area contributed by atoms with E-state index in [1.807, 2.05) is 11.3 Å². The van der Waals surface area contributed by atoms with Gasteiger partial charge < -0.3 is 5.84 Å². The third-order valence-corrected chi connectivity index (χ3v) is 6.82. The summed E-state index contributed by atoms with van der Waals surface area (Å²) in [5, 5.41) is 6.25. The van der Waals surface area contributed by atoms with Gasteiger partial charge in [-0.3, -0.25) is 0 Å². The third kappa shape index (κ3) is 3.28. The highest BCUT2D eigenvalue weighted by Crippen LogP contribution is 2.38. The van der Waals surface area contributed by atoms with Crippen LogP contribution in [-0.2, 0) is 0 Å². The first-order chi connectivity index (χ1) is 14.2. The van der Waals surface area contributed by atoms with Crippen LogP contribution in [0.2, 0.25) is 0 Å². The maximum absolute atomic E-state index is 5.43. The Balaban J connectivity index is 1.57. The molecule has 5 rings (SSSR count). The summed E-state index contributed by atoms with van der Waals surface area (Å²) < 4.78 is 2.55. The molecule has 2 N–H and O–H groups in total. The van der Waals surface area contributed by atoms with Crippen LogP contribution >= 0.6 is 11.3 Å². The van der Waals surface area contributed by atoms with Crippen LogP contribution in [0.5, 0.6) is 0 Å². The van der Waals surface area contributed by atoms with Crippen molar-refractivity contribution in [3.8, 4) is 11.1 Å². The van der Waals surface area contributed by atoms with Crippen LogP contribution in [0, 0.1) is 0 Å². The maximum atomic E-state index is 5.43. The van der Waals surface area contributed by atoms with Gasteiger partial charge in [0.1, 0.15) is 0 Å². The first kappa shape index (κ1) is 17.9. The molecule has 0 aliphatic heterocycles. The lowest BCUT2D eigenvalue weighted by molar-refractivity contribution is 0.977. The second-order valence-electron chi connectivity index (χ2n) is 7.59. The average Bonchev–Trinajstić information content (AvgIpc) is 3.13. The van der Waals surface area contributed by atoms with Gasteiger partial charge in [0.25, 0.3) is 0 Å². The maximum Gasteiger partial charge on any atom is 0.0544 e. The molecule has 0 amide bonds. The number of benzene rings is 3. The van der Waals surface area contributed by atoms with Crippen molar-refractivity contribution in [2.75, 3.05) is 0 Å². The molecule has 0 fully saturated rings. The number of nitrogens with zero attached hydrogens (tertiary/aromatic N) is 1. The van der Waals surface area contributed by atoms with Crippen LogP contribution in [0.25, 0.3) is 36.9 Å². The number of rotatable bonds is 3. The monoisotopic (exact) mass is 394 g/mol. The SMILES string of the molecule is CC1=CC=C(c2ccc(-c3ccc4sc5cccc(/C=N/N)c5c4c3)cc2)CC1. The number of hydrogen-bond acceptors (Lipinski definition) is 3. The first-order valence-corrected chi connectivity index (χ1v) is 10.7. The number of hydrazone groups is 1. The van der Waals surface area contributed by atoms with E-state index in [9.17, 15) is 0 Å². The molecule has 0 bridgehead atoms. The van der Waals surface area contributed by atoms with Crippen molar-refractivity contribution in [2.24, 2.45) is 10.9 Å². The van der Waals surface area contributed by atoms with Gasteiger partial charge in [0.15, 0.2) is 0 Å².